The van der Waals surface area contributed by atoms with E-state index >= 15 is 0 Å². The van der Waals surface area contributed by atoms with Crippen LogP contribution < -0.4 is 0 Å². The maximum Gasteiger partial charge on any atom is 0.0641 e. The lowest BCUT2D eigenvalue weighted by atomic mass is 9.84. The number of rotatable bonds is 7. The van der Waals surface area contributed by atoms with Crippen LogP contribution >= 0.6 is 0 Å². The smallest absolute Gasteiger partial charge is 0.0641 e. The Morgan fingerprint density at radius 2 is 0.794 bits per heavy atom. The summed E-state index contributed by atoms with van der Waals surface area (Å²) >= 11 is 0. The van der Waals surface area contributed by atoms with Gasteiger partial charge in [-0.2, -0.15) is 0 Å². The second-order valence-corrected chi connectivity index (χ2v) is 17.0. The second-order valence-electron chi connectivity index (χ2n) is 17.0. The maximum absolute atomic E-state index is 2.54. The van der Waals surface area contributed by atoms with Crippen molar-refractivity contribution in [1.29, 1.82) is 0 Å². The molecule has 2 heterocycles. The molecule has 2 heteroatoms. The number of aromatic nitrogens is 2. The first kappa shape index (κ1) is 36.9. The fourth-order valence-corrected chi connectivity index (χ4v) is 10.2. The van der Waals surface area contributed by atoms with E-state index in [1.54, 1.807) is 0 Å². The van der Waals surface area contributed by atoms with Gasteiger partial charge in [0.15, 0.2) is 0 Å². The van der Waals surface area contributed by atoms with Gasteiger partial charge in [0, 0.05) is 32.9 Å². The molecule has 0 saturated carbocycles. The molecule has 2 aromatic heterocycles. The second kappa shape index (κ2) is 15.2. The lowest BCUT2D eigenvalue weighted by Gasteiger charge is -2.25. The van der Waals surface area contributed by atoms with Gasteiger partial charge in [-0.05, 0) is 129 Å². The van der Waals surface area contributed by atoms with E-state index in [2.05, 4.69) is 247 Å². The van der Waals surface area contributed by atoms with Crippen LogP contribution in [0.2, 0.25) is 0 Å². The van der Waals surface area contributed by atoms with Crippen molar-refractivity contribution < 1.29 is 0 Å². The third-order valence-electron chi connectivity index (χ3n) is 13.1. The van der Waals surface area contributed by atoms with Gasteiger partial charge in [0.1, 0.15) is 0 Å². The Morgan fingerprint density at radius 1 is 0.349 bits per heavy atom. The van der Waals surface area contributed by atoms with Crippen LogP contribution in [0.25, 0.3) is 105 Å². The summed E-state index contributed by atoms with van der Waals surface area (Å²) in [7, 11) is 0. The van der Waals surface area contributed by atoms with E-state index in [4.69, 9.17) is 0 Å². The van der Waals surface area contributed by atoms with Crippen molar-refractivity contribution in [2.75, 3.05) is 0 Å². The van der Waals surface area contributed by atoms with Crippen LogP contribution in [0.1, 0.15) is 18.9 Å². The van der Waals surface area contributed by atoms with Crippen LogP contribution in [-0.2, 0) is 0 Å². The number of hydrogen-bond acceptors (Lipinski definition) is 0. The van der Waals surface area contributed by atoms with Crippen molar-refractivity contribution in [1.82, 2.24) is 9.13 Å². The Hall–Kier alpha value is -7.94. The van der Waals surface area contributed by atoms with E-state index in [9.17, 15) is 0 Å². The molecule has 1 unspecified atom stereocenters. The molecule has 0 N–H and O–H groups in total. The zero-order valence-electron chi connectivity index (χ0n) is 35.1. The van der Waals surface area contributed by atoms with Gasteiger partial charge in [-0.1, -0.05) is 177 Å². The minimum Gasteiger partial charge on any atom is -0.313 e. The molecule has 9 aromatic carbocycles. The van der Waals surface area contributed by atoms with Gasteiger partial charge in [-0.3, -0.25) is 0 Å². The molecule has 298 valence electrons. The fraction of sp³-hybridized carbons (Fsp3) is 0.0492. The topological polar surface area (TPSA) is 9.86 Å². The highest BCUT2D eigenvalue weighted by atomic mass is 15.0. The van der Waals surface area contributed by atoms with Crippen molar-refractivity contribution >= 4 is 54.9 Å². The summed E-state index contributed by atoms with van der Waals surface area (Å²) in [6.07, 6.45) is 5.68. The Labute approximate surface area is 368 Å². The average molecular weight is 805 g/mol. The SMILES string of the molecule is CC1CC(n2c3ccccc3c3c2ccc2c4ccccc4n(-c4cc(-c5ccccc5)cc(-c5ccccc5)c4)c23)=CC=C1c1cc(-c2ccccc2)cc(-c2ccccc2)c1. The van der Waals surface area contributed by atoms with Crippen molar-refractivity contribution in [3.63, 3.8) is 0 Å². The standard InChI is InChI=1S/C61H44N2/c1-41-34-51(30-31-53(41)50-37-46(42-18-6-2-7-19-42)35-47(38-50)43-20-8-3-9-21-43)62-58-29-17-15-27-56(58)60-59(62)33-32-55-54-26-14-16-28-57(54)63(61(55)60)52-39-48(44-22-10-4-11-23-44)36-49(40-52)45-24-12-5-13-25-45/h2-33,35-41H,34H2,1H3. The molecule has 0 saturated heterocycles. The fourth-order valence-electron chi connectivity index (χ4n) is 10.2. The van der Waals surface area contributed by atoms with Gasteiger partial charge in [0.25, 0.3) is 0 Å². The molecule has 12 rings (SSSR count). The van der Waals surface area contributed by atoms with Crippen LogP contribution in [0.3, 0.4) is 0 Å². The van der Waals surface area contributed by atoms with Crippen molar-refractivity contribution in [2.24, 2.45) is 5.92 Å². The highest BCUT2D eigenvalue weighted by Crippen LogP contribution is 2.45. The van der Waals surface area contributed by atoms with E-state index in [0.717, 1.165) is 12.1 Å². The summed E-state index contributed by atoms with van der Waals surface area (Å²) in [5.41, 5.74) is 19.7. The average Bonchev–Trinajstić information content (AvgIpc) is 3.88. The molecule has 0 radical (unpaired) electrons. The molecule has 1 aliphatic rings. The highest BCUT2D eigenvalue weighted by Gasteiger charge is 2.25. The van der Waals surface area contributed by atoms with Crippen molar-refractivity contribution in [3.05, 3.63) is 236 Å². The lowest BCUT2D eigenvalue weighted by Crippen LogP contribution is -2.09. The summed E-state index contributed by atoms with van der Waals surface area (Å²) in [4.78, 5) is 0. The normalized spacial score (nSPS) is 14.1. The molecular formula is C61H44N2. The van der Waals surface area contributed by atoms with E-state index in [-0.39, 0.29) is 0 Å². The van der Waals surface area contributed by atoms with Crippen molar-refractivity contribution in [3.8, 4) is 50.2 Å². The molecule has 11 aromatic rings. The number of nitrogens with zero attached hydrogens (tertiary/aromatic N) is 2. The summed E-state index contributed by atoms with van der Waals surface area (Å²) in [6.45, 7) is 2.39. The number of fused-ring (bicyclic) bond motifs is 7. The molecule has 2 nitrogen and oxygen atoms in total. The Morgan fingerprint density at radius 3 is 1.32 bits per heavy atom. The summed E-state index contributed by atoms with van der Waals surface area (Å²) in [5, 5.41) is 5.05. The largest absolute Gasteiger partial charge is 0.313 e. The van der Waals surface area contributed by atoms with Gasteiger partial charge in [-0.25, -0.2) is 0 Å². The molecule has 0 spiro atoms. The molecule has 0 fully saturated rings. The quantitative estimate of drug-likeness (QED) is 0.152. The van der Waals surface area contributed by atoms with Crippen LogP contribution in [0.15, 0.2) is 231 Å². The van der Waals surface area contributed by atoms with Crippen LogP contribution in [0, 0.1) is 5.92 Å². The highest BCUT2D eigenvalue weighted by molar-refractivity contribution is 6.26. The predicted molar refractivity (Wildman–Crippen MR) is 268 cm³/mol. The molecule has 0 amide bonds. The zero-order chi connectivity index (χ0) is 41.9. The van der Waals surface area contributed by atoms with Gasteiger partial charge in [0.2, 0.25) is 0 Å². The minimum absolute atomic E-state index is 0.295. The van der Waals surface area contributed by atoms with Gasteiger partial charge < -0.3 is 9.13 Å². The van der Waals surface area contributed by atoms with Gasteiger partial charge >= 0.3 is 0 Å². The van der Waals surface area contributed by atoms with E-state index in [0.29, 0.717) is 5.92 Å². The van der Waals surface area contributed by atoms with E-state index in [1.165, 1.54) is 105 Å². The van der Waals surface area contributed by atoms with Crippen LogP contribution in [0.5, 0.6) is 0 Å². The molecule has 0 bridgehead atoms. The molecular weight excluding hydrogens is 761 g/mol. The van der Waals surface area contributed by atoms with E-state index in [1.807, 2.05) is 0 Å². The van der Waals surface area contributed by atoms with Crippen LogP contribution in [0.4, 0.5) is 0 Å². The Bertz CT molecular complexity index is 3450. The molecule has 0 aliphatic heterocycles. The Kier molecular flexibility index (Phi) is 8.90. The first-order valence-electron chi connectivity index (χ1n) is 22.1. The van der Waals surface area contributed by atoms with Crippen LogP contribution in [-0.4, -0.2) is 9.13 Å². The molecule has 63 heavy (non-hydrogen) atoms. The summed E-state index contributed by atoms with van der Waals surface area (Å²) < 4.78 is 5.07. The number of benzene rings is 9. The lowest BCUT2D eigenvalue weighted by molar-refractivity contribution is 0.750. The first-order chi connectivity index (χ1) is 31.2. The minimum atomic E-state index is 0.295. The summed E-state index contributed by atoms with van der Waals surface area (Å²) in [5.74, 6) is 0.295. The molecule has 1 aliphatic carbocycles. The third-order valence-corrected chi connectivity index (χ3v) is 13.1. The predicted octanol–water partition coefficient (Wildman–Crippen LogP) is 16.5. The number of para-hydroxylation sites is 2. The first-order valence-corrected chi connectivity index (χ1v) is 22.1. The monoisotopic (exact) mass is 804 g/mol. The number of allylic oxidation sites excluding steroid dienone is 4. The maximum atomic E-state index is 2.54. The van der Waals surface area contributed by atoms with E-state index < -0.39 is 0 Å². The van der Waals surface area contributed by atoms with Gasteiger partial charge in [-0.15, -0.1) is 0 Å². The number of hydrogen-bond donors (Lipinski definition) is 0. The molecule has 1 atom stereocenters. The Balaban J connectivity index is 1.08. The van der Waals surface area contributed by atoms with Gasteiger partial charge in [0.05, 0.1) is 22.1 Å². The summed E-state index contributed by atoms with van der Waals surface area (Å²) in [6, 6.07) is 80.0. The third kappa shape index (κ3) is 6.34. The van der Waals surface area contributed by atoms with Crippen molar-refractivity contribution in [2.45, 2.75) is 13.3 Å². The zero-order valence-corrected chi connectivity index (χ0v) is 35.1.